The van der Waals surface area contributed by atoms with Crippen LogP contribution in [0.15, 0.2) is 24.3 Å². The molecule has 0 radical (unpaired) electrons. The van der Waals surface area contributed by atoms with Crippen LogP contribution in [0, 0.1) is 23.6 Å². The number of rotatable bonds is 1. The Morgan fingerprint density at radius 3 is 2.40 bits per heavy atom. The van der Waals surface area contributed by atoms with Gasteiger partial charge in [0, 0.05) is 32.9 Å². The highest BCUT2D eigenvalue weighted by Crippen LogP contribution is 2.46. The molecule has 2 saturated carbocycles. The highest BCUT2D eigenvalue weighted by Gasteiger charge is 2.36. The van der Waals surface area contributed by atoms with Gasteiger partial charge in [0.15, 0.2) is 0 Å². The van der Waals surface area contributed by atoms with E-state index in [2.05, 4.69) is 0 Å². The van der Waals surface area contributed by atoms with Gasteiger partial charge in [0.2, 0.25) is 0 Å². The van der Waals surface area contributed by atoms with E-state index in [1.54, 1.807) is 0 Å². The van der Waals surface area contributed by atoms with Gasteiger partial charge in [-0.15, -0.1) is 0 Å². The minimum absolute atomic E-state index is 0.745. The van der Waals surface area contributed by atoms with Gasteiger partial charge in [-0.3, -0.25) is 0 Å². The molecular weight excluding hydrogens is 240 g/mol. The maximum absolute atomic E-state index is 9.34. The van der Waals surface area contributed by atoms with Crippen molar-refractivity contribution in [2.24, 2.45) is 23.6 Å². The van der Waals surface area contributed by atoms with Crippen molar-refractivity contribution in [3.05, 3.63) is 35.4 Å². The Kier molecular flexibility index (Phi) is 0.828. The summed E-state index contributed by atoms with van der Waals surface area (Å²) in [4.78, 5) is 0. The van der Waals surface area contributed by atoms with Crippen LogP contribution in [0.2, 0.25) is 0 Å². The first-order chi connectivity index (χ1) is 19.0. The smallest absolute Gasteiger partial charge is 0.0319 e. The Morgan fingerprint density at radius 2 is 1.50 bits per heavy atom. The average Bonchev–Trinajstić information content (AvgIpc) is 2.87. The highest BCUT2D eigenvalue weighted by molar-refractivity contribution is 5.29. The standard InChI is InChI=1S/C20H28/c1-3-7-17-13-19(11-9-15(17)5-1)20-12-10-16-6-2-4-8-18(16)14-20/h1,3,5,7,16,18-20H,2,4,6,8-14H2/i2D2,4D2,6D2,8D2,9D2,10D2,11D2,12D2,13D2,14D2,16D,18D,19D,20D. The largest absolute Gasteiger partial charge is 0.0620 e. The summed E-state index contributed by atoms with van der Waals surface area (Å²) in [6.07, 6.45) is -43.7. The lowest BCUT2D eigenvalue weighted by Crippen LogP contribution is -2.33. The van der Waals surface area contributed by atoms with Gasteiger partial charge in [0.1, 0.15) is 0 Å². The summed E-state index contributed by atoms with van der Waals surface area (Å²) >= 11 is 0. The summed E-state index contributed by atoms with van der Waals surface area (Å²) in [6.45, 7) is 0. The second-order valence-corrected chi connectivity index (χ2v) is 4.30. The molecular formula is C20H28. The predicted molar refractivity (Wildman–Crippen MR) is 84.7 cm³/mol. The molecule has 4 atom stereocenters. The molecule has 0 bridgehead atoms. The van der Waals surface area contributed by atoms with E-state index in [0.717, 1.165) is 24.3 Å². The van der Waals surface area contributed by atoms with Crippen LogP contribution in [0.5, 0.6) is 0 Å². The number of hydrogen-bond donors (Lipinski definition) is 0. The molecule has 4 rings (SSSR count). The molecule has 1 aromatic rings. The summed E-state index contributed by atoms with van der Waals surface area (Å²) in [5.41, 5.74) is -1.64. The van der Waals surface area contributed by atoms with Crippen LogP contribution < -0.4 is 0 Å². The molecule has 0 spiro atoms. The Hall–Kier alpha value is -0.780. The molecule has 1 aromatic carbocycles. The van der Waals surface area contributed by atoms with Crippen molar-refractivity contribution in [2.75, 3.05) is 0 Å². The van der Waals surface area contributed by atoms with Gasteiger partial charge in [-0.25, -0.2) is 0 Å². The van der Waals surface area contributed by atoms with Gasteiger partial charge in [0.05, 0.1) is 0 Å². The van der Waals surface area contributed by atoms with Crippen LogP contribution in [0.4, 0.5) is 0 Å². The second-order valence-electron chi connectivity index (χ2n) is 4.30. The second kappa shape index (κ2) is 5.54. The van der Waals surface area contributed by atoms with Crippen molar-refractivity contribution in [2.45, 2.75) is 63.7 Å². The lowest BCUT2D eigenvalue weighted by atomic mass is 9.63. The first-order valence-electron chi connectivity index (χ1n) is 18.1. The van der Waals surface area contributed by atoms with E-state index in [-0.39, 0.29) is 0 Å². The zero-order chi connectivity index (χ0) is 35.0. The Labute approximate surface area is 157 Å². The third-order valence-electron chi connectivity index (χ3n) is 3.01. The first kappa shape index (κ1) is 2.99. The van der Waals surface area contributed by atoms with Gasteiger partial charge >= 0.3 is 0 Å². The molecule has 0 heteroatoms. The van der Waals surface area contributed by atoms with Gasteiger partial charge in [0.25, 0.3) is 0 Å². The van der Waals surface area contributed by atoms with Gasteiger partial charge in [-0.1, -0.05) is 49.8 Å². The van der Waals surface area contributed by atoms with Crippen LogP contribution in [0.3, 0.4) is 0 Å². The van der Waals surface area contributed by atoms with E-state index in [9.17, 15) is 2.74 Å². The third-order valence-corrected chi connectivity index (χ3v) is 3.01. The van der Waals surface area contributed by atoms with Crippen LogP contribution in [0.1, 0.15) is 95.0 Å². The van der Waals surface area contributed by atoms with E-state index < -0.39 is 98.4 Å². The van der Waals surface area contributed by atoms with Crippen LogP contribution in [0.25, 0.3) is 0 Å². The van der Waals surface area contributed by atoms with Crippen molar-refractivity contribution in [3.8, 4) is 0 Å². The van der Waals surface area contributed by atoms with Crippen molar-refractivity contribution in [1.82, 2.24) is 0 Å². The molecule has 0 amide bonds. The predicted octanol–water partition coefficient (Wildman–Crippen LogP) is 5.40. The molecule has 0 aromatic heterocycles. The molecule has 3 aliphatic carbocycles. The summed E-state index contributed by atoms with van der Waals surface area (Å²) in [7, 11) is 0. The summed E-state index contributed by atoms with van der Waals surface area (Å²) in [6, 6.07) is 4.00. The molecule has 3 aliphatic rings. The van der Waals surface area contributed by atoms with Gasteiger partial charge < -0.3 is 0 Å². The highest BCUT2D eigenvalue weighted by atomic mass is 14.4. The van der Waals surface area contributed by atoms with E-state index in [4.69, 9.17) is 30.2 Å². The summed E-state index contributed by atoms with van der Waals surface area (Å²) in [5, 5.41) is 0. The molecule has 0 N–H and O–H groups in total. The van der Waals surface area contributed by atoms with E-state index >= 15 is 0 Å². The molecule has 0 heterocycles. The molecule has 20 heavy (non-hydrogen) atoms. The normalized spacial score (nSPS) is 94.6. The quantitative estimate of drug-likeness (QED) is 0.650. The van der Waals surface area contributed by atoms with Crippen LogP contribution in [-0.4, -0.2) is 0 Å². The van der Waals surface area contributed by atoms with Crippen molar-refractivity contribution in [1.29, 1.82) is 0 Å². The van der Waals surface area contributed by atoms with E-state index in [0.29, 0.717) is 0 Å². The maximum atomic E-state index is 9.34. The maximum Gasteiger partial charge on any atom is 0.0319 e. The van der Waals surface area contributed by atoms with Crippen molar-refractivity contribution < 1.29 is 32.9 Å². The molecule has 108 valence electrons. The zero-order valence-electron chi connectivity index (χ0n) is 34.3. The Bertz CT molecular complexity index is 1410. The third kappa shape index (κ3) is 2.43. The summed E-state index contributed by atoms with van der Waals surface area (Å²) < 4.78 is 209. The lowest BCUT2D eigenvalue weighted by Gasteiger charge is -2.43. The number of benzene rings is 1. The SMILES string of the molecule is [2H]C1([2H])c2ccccc2C([2H])([2H])C([2H])(C2([2H])C([2H])([2H])C([2H])([2H])C3([2H])C([2H])([2H])C([2H])([2H])C([2H])([2H])C([2H])([2H])C3([2H])C2([2H])[2H])C1([2H])[2H]. The minimum Gasteiger partial charge on any atom is -0.0620 e. The number of hydrogen-bond acceptors (Lipinski definition) is 0. The Balaban J connectivity index is 2.34. The number of fused-ring (bicyclic) bond motifs is 2. The van der Waals surface area contributed by atoms with Crippen LogP contribution in [-0.2, 0) is 12.7 Å². The van der Waals surface area contributed by atoms with Crippen molar-refractivity contribution in [3.63, 3.8) is 0 Å². The van der Waals surface area contributed by atoms with E-state index in [1.165, 1.54) is 0 Å². The van der Waals surface area contributed by atoms with Crippen LogP contribution >= 0.6 is 0 Å². The molecule has 0 aliphatic heterocycles. The monoisotopic (exact) mass is 292 g/mol. The number of aryl methyl sites for hydroxylation is 1. The lowest BCUT2D eigenvalue weighted by molar-refractivity contribution is 0.0943. The average molecular weight is 293 g/mol. The topological polar surface area (TPSA) is 0 Å². The molecule has 2 fully saturated rings. The zero-order valence-corrected chi connectivity index (χ0v) is 10.3. The summed E-state index contributed by atoms with van der Waals surface area (Å²) in [5.74, 6) is -18.9. The van der Waals surface area contributed by atoms with E-state index in [1.807, 2.05) is 0 Å². The fourth-order valence-corrected chi connectivity index (χ4v) is 2.03. The molecule has 0 nitrogen and oxygen atoms in total. The first-order valence-corrected chi connectivity index (χ1v) is 6.08. The van der Waals surface area contributed by atoms with Crippen molar-refractivity contribution >= 4 is 0 Å². The Morgan fingerprint density at radius 1 is 0.800 bits per heavy atom. The fraction of sp³-hybridized carbons (Fsp3) is 0.700. The minimum atomic E-state index is -4.87. The molecule has 4 unspecified atom stereocenters. The fourth-order valence-electron chi connectivity index (χ4n) is 2.03. The van der Waals surface area contributed by atoms with Gasteiger partial charge in [-0.2, -0.15) is 0 Å². The molecule has 0 saturated heterocycles. The van der Waals surface area contributed by atoms with Gasteiger partial charge in [-0.05, 0) is 72.9 Å².